The third kappa shape index (κ3) is 3.12. The molecule has 1 rings (SSSR count). The first-order valence-electron chi connectivity index (χ1n) is 5.29. The summed E-state index contributed by atoms with van der Waals surface area (Å²) in [5.74, 6) is 0.563. The van der Waals surface area contributed by atoms with Crippen molar-refractivity contribution < 1.29 is 4.92 Å². The van der Waals surface area contributed by atoms with Crippen molar-refractivity contribution >= 4 is 17.1 Å². The number of hydrogen-bond donors (Lipinski definition) is 2. The number of nitrogens with zero attached hydrogens (tertiary/aromatic N) is 1. The second-order valence-corrected chi connectivity index (χ2v) is 4.11. The third-order valence-corrected chi connectivity index (χ3v) is 2.29. The van der Waals surface area contributed by atoms with Gasteiger partial charge in [-0.15, -0.1) is 0 Å². The molecule has 0 atom stereocenters. The lowest BCUT2D eigenvalue weighted by molar-refractivity contribution is -0.383. The maximum absolute atomic E-state index is 10.8. The van der Waals surface area contributed by atoms with Crippen LogP contribution in [0.15, 0.2) is 18.2 Å². The van der Waals surface area contributed by atoms with Gasteiger partial charge in [-0.25, -0.2) is 0 Å². The highest BCUT2D eigenvalue weighted by atomic mass is 16.6. The Bertz CT molecular complexity index is 377. The molecule has 0 saturated carbocycles. The molecule has 0 bridgehead atoms. The highest BCUT2D eigenvalue weighted by molar-refractivity contribution is 5.74. The summed E-state index contributed by atoms with van der Waals surface area (Å²) in [6.45, 7) is 4.92. The van der Waals surface area contributed by atoms with Crippen LogP contribution in [0.3, 0.4) is 0 Å². The number of para-hydroxylation sites is 1. The van der Waals surface area contributed by atoms with Gasteiger partial charge in [0.05, 0.1) is 4.92 Å². The fourth-order valence-corrected chi connectivity index (χ4v) is 1.40. The molecule has 0 aliphatic heterocycles. The zero-order valence-electron chi connectivity index (χ0n) is 9.56. The topological polar surface area (TPSA) is 81.2 Å². The molecule has 0 unspecified atom stereocenters. The molecule has 0 aliphatic rings. The number of nitrogens with one attached hydrogen (secondary N) is 1. The molecule has 16 heavy (non-hydrogen) atoms. The van der Waals surface area contributed by atoms with Crippen LogP contribution in [-0.2, 0) is 0 Å². The fourth-order valence-electron chi connectivity index (χ4n) is 1.40. The molecule has 0 spiro atoms. The Hall–Kier alpha value is -1.78. The SMILES string of the molecule is CC(C)CCNc1cccc(N)c1[N+](=O)[O-]. The van der Waals surface area contributed by atoms with E-state index in [4.69, 9.17) is 5.73 Å². The number of rotatable bonds is 5. The highest BCUT2D eigenvalue weighted by Crippen LogP contribution is 2.30. The first kappa shape index (κ1) is 12.3. The van der Waals surface area contributed by atoms with E-state index in [1.165, 1.54) is 6.07 Å². The largest absolute Gasteiger partial charge is 0.393 e. The highest BCUT2D eigenvalue weighted by Gasteiger charge is 2.16. The number of nitro groups is 1. The van der Waals surface area contributed by atoms with Crippen molar-refractivity contribution in [1.82, 2.24) is 0 Å². The van der Waals surface area contributed by atoms with Crippen molar-refractivity contribution in [2.45, 2.75) is 20.3 Å². The molecule has 5 heteroatoms. The lowest BCUT2D eigenvalue weighted by atomic mass is 10.1. The van der Waals surface area contributed by atoms with Crippen LogP contribution in [-0.4, -0.2) is 11.5 Å². The van der Waals surface area contributed by atoms with Gasteiger partial charge < -0.3 is 11.1 Å². The summed E-state index contributed by atoms with van der Waals surface area (Å²) >= 11 is 0. The number of nitro benzene ring substituents is 1. The van der Waals surface area contributed by atoms with Gasteiger partial charge in [-0.3, -0.25) is 10.1 Å². The van der Waals surface area contributed by atoms with Gasteiger partial charge in [0, 0.05) is 6.54 Å². The van der Waals surface area contributed by atoms with Crippen LogP contribution < -0.4 is 11.1 Å². The summed E-state index contributed by atoms with van der Waals surface area (Å²) in [5, 5.41) is 13.9. The number of nitrogen functional groups attached to an aromatic ring is 1. The average Bonchev–Trinajstić information content (AvgIpc) is 2.16. The smallest absolute Gasteiger partial charge is 0.314 e. The Morgan fingerprint density at radius 1 is 1.50 bits per heavy atom. The molecule has 0 fully saturated rings. The van der Waals surface area contributed by atoms with Gasteiger partial charge in [-0.05, 0) is 24.5 Å². The van der Waals surface area contributed by atoms with Crippen LogP contribution in [0.25, 0.3) is 0 Å². The van der Waals surface area contributed by atoms with Crippen LogP contribution in [0.4, 0.5) is 17.1 Å². The Balaban J connectivity index is 2.79. The van der Waals surface area contributed by atoms with Crippen molar-refractivity contribution in [2.75, 3.05) is 17.6 Å². The maximum atomic E-state index is 10.8. The Morgan fingerprint density at radius 2 is 2.19 bits per heavy atom. The van der Waals surface area contributed by atoms with Crippen molar-refractivity contribution in [3.63, 3.8) is 0 Å². The first-order chi connectivity index (χ1) is 7.52. The van der Waals surface area contributed by atoms with Gasteiger partial charge in [0.1, 0.15) is 11.4 Å². The van der Waals surface area contributed by atoms with Crippen LogP contribution in [0.5, 0.6) is 0 Å². The van der Waals surface area contributed by atoms with Crippen LogP contribution in [0.1, 0.15) is 20.3 Å². The van der Waals surface area contributed by atoms with Gasteiger partial charge in [0.15, 0.2) is 0 Å². The van der Waals surface area contributed by atoms with Gasteiger partial charge in [-0.1, -0.05) is 19.9 Å². The summed E-state index contributed by atoms with van der Waals surface area (Å²) < 4.78 is 0. The molecule has 3 N–H and O–H groups in total. The molecule has 0 heterocycles. The van der Waals surface area contributed by atoms with E-state index in [0.29, 0.717) is 18.2 Å². The van der Waals surface area contributed by atoms with Gasteiger partial charge in [-0.2, -0.15) is 0 Å². The Kier molecular flexibility index (Phi) is 4.10. The van der Waals surface area contributed by atoms with Crippen LogP contribution >= 0.6 is 0 Å². The van der Waals surface area contributed by atoms with E-state index < -0.39 is 4.92 Å². The molecule has 0 aromatic heterocycles. The van der Waals surface area contributed by atoms with Crippen molar-refractivity contribution in [3.8, 4) is 0 Å². The monoisotopic (exact) mass is 223 g/mol. The molecule has 0 aliphatic carbocycles. The Morgan fingerprint density at radius 3 is 2.75 bits per heavy atom. The van der Waals surface area contributed by atoms with Gasteiger partial charge in [0.25, 0.3) is 0 Å². The number of nitrogens with two attached hydrogens (primary N) is 1. The molecular formula is C11H17N3O2. The molecule has 1 aromatic rings. The van der Waals surface area contributed by atoms with E-state index in [2.05, 4.69) is 19.2 Å². The summed E-state index contributed by atoms with van der Waals surface area (Å²) in [4.78, 5) is 10.4. The quantitative estimate of drug-likeness (QED) is 0.456. The van der Waals surface area contributed by atoms with Gasteiger partial charge in [0.2, 0.25) is 0 Å². The van der Waals surface area contributed by atoms with E-state index >= 15 is 0 Å². The predicted octanol–water partition coefficient (Wildman–Crippen LogP) is 2.63. The second-order valence-electron chi connectivity index (χ2n) is 4.11. The third-order valence-electron chi connectivity index (χ3n) is 2.29. The van der Waals surface area contributed by atoms with Crippen LogP contribution in [0, 0.1) is 16.0 Å². The number of anilines is 2. The van der Waals surface area contributed by atoms with Crippen molar-refractivity contribution in [2.24, 2.45) is 5.92 Å². The van der Waals surface area contributed by atoms with Crippen molar-refractivity contribution in [1.29, 1.82) is 0 Å². The summed E-state index contributed by atoms with van der Waals surface area (Å²) in [6, 6.07) is 4.92. The minimum absolute atomic E-state index is 0.0359. The van der Waals surface area contributed by atoms with E-state index in [-0.39, 0.29) is 11.4 Å². The molecule has 88 valence electrons. The van der Waals surface area contributed by atoms with E-state index in [0.717, 1.165) is 6.42 Å². The fraction of sp³-hybridized carbons (Fsp3) is 0.455. The van der Waals surface area contributed by atoms with E-state index in [1.54, 1.807) is 12.1 Å². The summed E-state index contributed by atoms with van der Waals surface area (Å²) in [5.41, 5.74) is 6.22. The molecule has 0 amide bonds. The normalized spacial score (nSPS) is 10.4. The standard InChI is InChI=1S/C11H17N3O2/c1-8(2)6-7-13-10-5-3-4-9(12)11(10)14(15)16/h3-5,8,13H,6-7,12H2,1-2H3. The average molecular weight is 223 g/mol. The summed E-state index contributed by atoms with van der Waals surface area (Å²) in [7, 11) is 0. The van der Waals surface area contributed by atoms with E-state index in [1.807, 2.05) is 0 Å². The van der Waals surface area contributed by atoms with E-state index in [9.17, 15) is 10.1 Å². The van der Waals surface area contributed by atoms with Gasteiger partial charge >= 0.3 is 5.69 Å². The Labute approximate surface area is 94.8 Å². The lowest BCUT2D eigenvalue weighted by Crippen LogP contribution is -2.07. The molecule has 0 radical (unpaired) electrons. The maximum Gasteiger partial charge on any atom is 0.314 e. The molecular weight excluding hydrogens is 206 g/mol. The van der Waals surface area contributed by atoms with Crippen molar-refractivity contribution in [3.05, 3.63) is 28.3 Å². The number of hydrogen-bond acceptors (Lipinski definition) is 4. The lowest BCUT2D eigenvalue weighted by Gasteiger charge is -2.09. The predicted molar refractivity (Wildman–Crippen MR) is 65.5 cm³/mol. The molecule has 0 saturated heterocycles. The zero-order chi connectivity index (χ0) is 12.1. The molecule has 1 aromatic carbocycles. The van der Waals surface area contributed by atoms with Crippen LogP contribution in [0.2, 0.25) is 0 Å². The minimum Gasteiger partial charge on any atom is -0.393 e. The first-order valence-corrected chi connectivity index (χ1v) is 5.29. The number of benzene rings is 1. The second kappa shape index (κ2) is 5.34. The zero-order valence-corrected chi connectivity index (χ0v) is 9.56. The summed E-state index contributed by atoms with van der Waals surface area (Å²) in [6.07, 6.45) is 0.964. The minimum atomic E-state index is -0.451. The molecule has 5 nitrogen and oxygen atoms in total.